The molecule has 1 heterocycles. The highest BCUT2D eigenvalue weighted by Gasteiger charge is 2.29. The summed E-state index contributed by atoms with van der Waals surface area (Å²) in [6.07, 6.45) is 3.24. The van der Waals surface area contributed by atoms with Crippen LogP contribution in [0.2, 0.25) is 0 Å². The summed E-state index contributed by atoms with van der Waals surface area (Å²) in [4.78, 5) is 5.71. The van der Waals surface area contributed by atoms with E-state index in [-0.39, 0.29) is 6.61 Å². The van der Waals surface area contributed by atoms with Gasteiger partial charge in [0.2, 0.25) is 0 Å². The maximum atomic E-state index is 9.38. The number of aliphatic hydroxyl groups is 1. The lowest BCUT2D eigenvalue weighted by Crippen LogP contribution is -2.01. The quantitative estimate of drug-likeness (QED) is 0.885. The van der Waals surface area contributed by atoms with Crippen molar-refractivity contribution < 1.29 is 9.84 Å². The van der Waals surface area contributed by atoms with Gasteiger partial charge in [0.25, 0.3) is 0 Å². The molecule has 1 saturated carbocycles. The van der Waals surface area contributed by atoms with Gasteiger partial charge in [-0.15, -0.1) is 11.3 Å². The van der Waals surface area contributed by atoms with Crippen molar-refractivity contribution in [3.8, 4) is 5.75 Å². The summed E-state index contributed by atoms with van der Waals surface area (Å²) < 4.78 is 5.75. The van der Waals surface area contributed by atoms with Crippen LogP contribution in [0.15, 0.2) is 24.3 Å². The van der Waals surface area contributed by atoms with Crippen molar-refractivity contribution in [3.63, 3.8) is 0 Å². The van der Waals surface area contributed by atoms with Crippen LogP contribution >= 0.6 is 11.3 Å². The van der Waals surface area contributed by atoms with Gasteiger partial charge >= 0.3 is 0 Å². The van der Waals surface area contributed by atoms with E-state index in [0.717, 1.165) is 27.7 Å². The van der Waals surface area contributed by atoms with Crippen LogP contribution in [0.4, 0.5) is 0 Å². The highest BCUT2D eigenvalue weighted by molar-refractivity contribution is 7.11. The molecule has 1 aromatic heterocycles. The van der Waals surface area contributed by atoms with E-state index in [2.05, 4.69) is 18.0 Å². The molecular weight excluding hydrogens is 270 g/mol. The van der Waals surface area contributed by atoms with Gasteiger partial charge in [-0.1, -0.05) is 12.1 Å². The van der Waals surface area contributed by atoms with Crippen molar-refractivity contribution >= 4 is 11.3 Å². The van der Waals surface area contributed by atoms with Crippen LogP contribution in [-0.4, -0.2) is 16.7 Å². The molecule has 2 aromatic rings. The second kappa shape index (κ2) is 5.94. The highest BCUT2D eigenvalue weighted by atomic mass is 32.1. The Hall–Kier alpha value is -1.39. The predicted molar refractivity (Wildman–Crippen MR) is 80.4 cm³/mol. The minimum Gasteiger partial charge on any atom is -0.493 e. The van der Waals surface area contributed by atoms with Crippen molar-refractivity contribution in [2.24, 2.45) is 0 Å². The van der Waals surface area contributed by atoms with Crippen molar-refractivity contribution in [2.75, 3.05) is 6.61 Å². The Kier molecular flexibility index (Phi) is 4.03. The standard InChI is InChI=1S/C16H19NO2S/c1-11-3-2-4-13(9-11)19-8-7-15-17-16(12-5-6-12)14(10-18)20-15/h2-4,9,12,18H,5-8,10H2,1H3. The molecule has 1 aliphatic carbocycles. The van der Waals surface area contributed by atoms with Gasteiger partial charge in [0.1, 0.15) is 5.75 Å². The fourth-order valence-electron chi connectivity index (χ4n) is 2.27. The largest absolute Gasteiger partial charge is 0.493 e. The van der Waals surface area contributed by atoms with Gasteiger partial charge in [-0.2, -0.15) is 0 Å². The Bertz CT molecular complexity index is 590. The molecular formula is C16H19NO2S. The number of rotatable bonds is 6. The van der Waals surface area contributed by atoms with E-state index < -0.39 is 0 Å². The first kappa shape index (κ1) is 13.6. The number of nitrogens with zero attached hydrogens (tertiary/aromatic N) is 1. The molecule has 3 rings (SSSR count). The van der Waals surface area contributed by atoms with Crippen LogP contribution in [0.3, 0.4) is 0 Å². The molecule has 20 heavy (non-hydrogen) atoms. The van der Waals surface area contributed by atoms with Crippen LogP contribution in [-0.2, 0) is 13.0 Å². The van der Waals surface area contributed by atoms with Crippen LogP contribution in [0, 0.1) is 6.92 Å². The number of hydrogen-bond acceptors (Lipinski definition) is 4. The predicted octanol–water partition coefficient (Wildman–Crippen LogP) is 3.44. The SMILES string of the molecule is Cc1cccc(OCCc2nc(C3CC3)c(CO)s2)c1. The molecule has 1 aromatic carbocycles. The van der Waals surface area contributed by atoms with E-state index >= 15 is 0 Å². The van der Waals surface area contributed by atoms with Crippen molar-refractivity contribution in [1.82, 2.24) is 4.98 Å². The number of hydrogen-bond donors (Lipinski definition) is 1. The van der Waals surface area contributed by atoms with Crippen LogP contribution in [0.5, 0.6) is 5.75 Å². The molecule has 3 nitrogen and oxygen atoms in total. The number of aromatic nitrogens is 1. The van der Waals surface area contributed by atoms with E-state index in [1.165, 1.54) is 18.4 Å². The van der Waals surface area contributed by atoms with Gasteiger partial charge in [0, 0.05) is 12.3 Å². The maximum Gasteiger partial charge on any atom is 0.119 e. The molecule has 0 bridgehead atoms. The molecule has 0 atom stereocenters. The zero-order valence-corrected chi connectivity index (χ0v) is 12.4. The molecule has 1 fully saturated rings. The normalized spacial score (nSPS) is 14.5. The number of aryl methyl sites for hydroxylation is 1. The van der Waals surface area contributed by atoms with Crippen LogP contribution < -0.4 is 4.74 Å². The van der Waals surface area contributed by atoms with Gasteiger partial charge in [0.05, 0.1) is 28.8 Å². The van der Waals surface area contributed by atoms with Crippen molar-refractivity contribution in [1.29, 1.82) is 0 Å². The van der Waals surface area contributed by atoms with E-state index in [0.29, 0.717) is 12.5 Å². The Morgan fingerprint density at radius 3 is 2.95 bits per heavy atom. The number of thiazole rings is 1. The fraction of sp³-hybridized carbons (Fsp3) is 0.438. The van der Waals surface area contributed by atoms with Gasteiger partial charge in [-0.25, -0.2) is 4.98 Å². The summed E-state index contributed by atoms with van der Waals surface area (Å²) >= 11 is 1.63. The average molecular weight is 289 g/mol. The summed E-state index contributed by atoms with van der Waals surface area (Å²) in [7, 11) is 0. The summed E-state index contributed by atoms with van der Waals surface area (Å²) in [6, 6.07) is 8.08. The third-order valence-corrected chi connectivity index (χ3v) is 4.57. The van der Waals surface area contributed by atoms with E-state index in [4.69, 9.17) is 4.74 Å². The second-order valence-electron chi connectivity index (χ2n) is 5.26. The van der Waals surface area contributed by atoms with Gasteiger partial charge in [-0.05, 0) is 37.5 Å². The number of aliphatic hydroxyl groups excluding tert-OH is 1. The Labute approximate surface area is 123 Å². The molecule has 0 saturated heterocycles. The first-order valence-electron chi connectivity index (χ1n) is 7.05. The molecule has 1 aliphatic rings. The molecule has 4 heteroatoms. The first-order valence-corrected chi connectivity index (χ1v) is 7.86. The smallest absolute Gasteiger partial charge is 0.119 e. The third kappa shape index (κ3) is 3.19. The van der Waals surface area contributed by atoms with E-state index in [1.807, 2.05) is 18.2 Å². The average Bonchev–Trinajstić information content (AvgIpc) is 3.20. The molecule has 1 N–H and O–H groups in total. The number of benzene rings is 1. The number of ether oxygens (including phenoxy) is 1. The second-order valence-corrected chi connectivity index (χ2v) is 6.43. The maximum absolute atomic E-state index is 9.38. The molecule has 0 aliphatic heterocycles. The monoisotopic (exact) mass is 289 g/mol. The summed E-state index contributed by atoms with van der Waals surface area (Å²) in [5.74, 6) is 1.51. The molecule has 0 radical (unpaired) electrons. The molecule has 0 amide bonds. The van der Waals surface area contributed by atoms with E-state index in [9.17, 15) is 5.11 Å². The Morgan fingerprint density at radius 1 is 1.40 bits per heavy atom. The van der Waals surface area contributed by atoms with Gasteiger partial charge in [-0.3, -0.25) is 0 Å². The van der Waals surface area contributed by atoms with Crippen LogP contribution in [0.25, 0.3) is 0 Å². The summed E-state index contributed by atoms with van der Waals surface area (Å²) in [5.41, 5.74) is 2.33. The summed E-state index contributed by atoms with van der Waals surface area (Å²) in [6.45, 7) is 2.80. The minimum atomic E-state index is 0.113. The molecule has 106 valence electrons. The topological polar surface area (TPSA) is 42.4 Å². The minimum absolute atomic E-state index is 0.113. The fourth-order valence-corrected chi connectivity index (χ4v) is 3.27. The zero-order valence-electron chi connectivity index (χ0n) is 11.6. The van der Waals surface area contributed by atoms with Crippen LogP contribution in [0.1, 0.15) is 39.9 Å². The third-order valence-electron chi connectivity index (χ3n) is 3.45. The summed E-state index contributed by atoms with van der Waals surface area (Å²) in [5, 5.41) is 10.5. The Balaban J connectivity index is 1.58. The Morgan fingerprint density at radius 2 is 2.25 bits per heavy atom. The lowest BCUT2D eigenvalue weighted by molar-refractivity contribution is 0.284. The lowest BCUT2D eigenvalue weighted by Gasteiger charge is -2.05. The molecule has 0 spiro atoms. The van der Waals surface area contributed by atoms with E-state index in [1.54, 1.807) is 11.3 Å². The van der Waals surface area contributed by atoms with Gasteiger partial charge < -0.3 is 9.84 Å². The zero-order chi connectivity index (χ0) is 13.9. The van der Waals surface area contributed by atoms with Gasteiger partial charge in [0.15, 0.2) is 0 Å². The first-order chi connectivity index (χ1) is 9.76. The van der Waals surface area contributed by atoms with Crippen molar-refractivity contribution in [3.05, 3.63) is 45.4 Å². The lowest BCUT2D eigenvalue weighted by atomic mass is 10.2. The molecule has 0 unspecified atom stereocenters. The van der Waals surface area contributed by atoms with Crippen molar-refractivity contribution in [2.45, 2.75) is 38.7 Å². The highest BCUT2D eigenvalue weighted by Crippen LogP contribution is 2.42.